The van der Waals surface area contributed by atoms with E-state index in [1.165, 1.54) is 0 Å². The summed E-state index contributed by atoms with van der Waals surface area (Å²) in [6.07, 6.45) is 5.68. The molecule has 0 spiro atoms. The van der Waals surface area contributed by atoms with Gasteiger partial charge < -0.3 is 11.1 Å². The van der Waals surface area contributed by atoms with Crippen molar-refractivity contribution in [2.24, 2.45) is 10.7 Å². The average Bonchev–Trinajstić information content (AvgIpc) is 2.54. The molecule has 0 saturated carbocycles. The number of hydrogen-bond acceptors (Lipinski definition) is 3. The molecule has 1 aromatic carbocycles. The van der Waals surface area contributed by atoms with Crippen molar-refractivity contribution >= 4 is 6.21 Å². The Bertz CT molecular complexity index is 695. The van der Waals surface area contributed by atoms with Crippen molar-refractivity contribution in [3.05, 3.63) is 71.1 Å². The van der Waals surface area contributed by atoms with Crippen LogP contribution in [0.25, 0.3) is 0 Å². The fourth-order valence-corrected chi connectivity index (χ4v) is 2.53. The summed E-state index contributed by atoms with van der Waals surface area (Å²) in [7, 11) is 0. The Kier molecular flexibility index (Phi) is 6.26. The molecular weight excluding hydrogens is 320 g/mol. The molecule has 0 saturated heterocycles. The van der Waals surface area contributed by atoms with Gasteiger partial charge in [0.25, 0.3) is 0 Å². The van der Waals surface area contributed by atoms with Crippen LogP contribution in [0.2, 0.25) is 0 Å². The second-order valence-corrected chi connectivity index (χ2v) is 6.50. The molecule has 134 valence electrons. The number of aryl methyl sites for hydroxylation is 1. The number of halogens is 2. The maximum Gasteiger partial charge on any atom is 0.245 e. The summed E-state index contributed by atoms with van der Waals surface area (Å²) in [6.45, 7) is 7.32. The number of dihydropyridines is 1. The van der Waals surface area contributed by atoms with Crippen LogP contribution in [0.15, 0.2) is 65.0 Å². The maximum atomic E-state index is 12.9. The zero-order chi connectivity index (χ0) is 18.4. The standard InChI is InChI=1S/C20H25F2N3/c1-14(2)19-17(18(23)9-11-25-19)13-24-12-16-6-4-15(5-7-16)8-10-20(3,21)22/h4-7,9,11,13,18,25H,1,8,10,12,23H2,2-3H3. The molecule has 0 bridgehead atoms. The first-order valence-electron chi connectivity index (χ1n) is 8.30. The number of allylic oxidation sites excluding steroid dienone is 1. The van der Waals surface area contributed by atoms with E-state index in [9.17, 15) is 8.78 Å². The van der Waals surface area contributed by atoms with E-state index in [1.807, 2.05) is 43.5 Å². The van der Waals surface area contributed by atoms with E-state index in [2.05, 4.69) is 16.9 Å². The molecule has 0 fully saturated rings. The van der Waals surface area contributed by atoms with E-state index in [1.54, 1.807) is 6.21 Å². The summed E-state index contributed by atoms with van der Waals surface area (Å²) < 4.78 is 25.8. The van der Waals surface area contributed by atoms with Crippen molar-refractivity contribution in [1.82, 2.24) is 5.32 Å². The highest BCUT2D eigenvalue weighted by molar-refractivity contribution is 5.83. The third-order valence-electron chi connectivity index (χ3n) is 3.99. The van der Waals surface area contributed by atoms with Gasteiger partial charge in [-0.15, -0.1) is 0 Å². The van der Waals surface area contributed by atoms with Gasteiger partial charge in [0.15, 0.2) is 0 Å². The predicted molar refractivity (Wildman–Crippen MR) is 99.7 cm³/mol. The number of benzene rings is 1. The molecule has 1 atom stereocenters. The molecular formula is C20H25F2N3. The van der Waals surface area contributed by atoms with E-state index in [4.69, 9.17) is 5.73 Å². The molecule has 1 aromatic rings. The van der Waals surface area contributed by atoms with Gasteiger partial charge in [-0.2, -0.15) is 0 Å². The van der Waals surface area contributed by atoms with Gasteiger partial charge in [0.1, 0.15) is 0 Å². The predicted octanol–water partition coefficient (Wildman–Crippen LogP) is 4.12. The van der Waals surface area contributed by atoms with Crippen LogP contribution in [-0.4, -0.2) is 18.2 Å². The minimum absolute atomic E-state index is 0.138. The van der Waals surface area contributed by atoms with Crippen LogP contribution in [0.5, 0.6) is 0 Å². The maximum absolute atomic E-state index is 12.9. The third kappa shape index (κ3) is 5.94. The number of aliphatic imine (C=N–C) groups is 1. The average molecular weight is 345 g/mol. The largest absolute Gasteiger partial charge is 0.361 e. The normalized spacial score (nSPS) is 17.9. The van der Waals surface area contributed by atoms with Gasteiger partial charge in [0.2, 0.25) is 5.92 Å². The van der Waals surface area contributed by atoms with Crippen molar-refractivity contribution in [1.29, 1.82) is 0 Å². The Hall–Kier alpha value is -2.27. The lowest BCUT2D eigenvalue weighted by Crippen LogP contribution is -2.29. The first-order chi connectivity index (χ1) is 11.8. The molecule has 1 aliphatic heterocycles. The second kappa shape index (κ2) is 8.21. The lowest BCUT2D eigenvalue weighted by Gasteiger charge is -2.20. The fourth-order valence-electron chi connectivity index (χ4n) is 2.53. The van der Waals surface area contributed by atoms with Gasteiger partial charge in [0, 0.05) is 23.9 Å². The molecule has 2 rings (SSSR count). The van der Waals surface area contributed by atoms with Gasteiger partial charge >= 0.3 is 0 Å². The van der Waals surface area contributed by atoms with E-state index < -0.39 is 5.92 Å². The van der Waals surface area contributed by atoms with Crippen molar-refractivity contribution in [2.45, 2.75) is 45.2 Å². The van der Waals surface area contributed by atoms with Crippen molar-refractivity contribution < 1.29 is 8.78 Å². The summed E-state index contributed by atoms with van der Waals surface area (Å²) in [6, 6.07) is 7.40. The van der Waals surface area contributed by atoms with E-state index >= 15 is 0 Å². The molecule has 3 nitrogen and oxygen atoms in total. The van der Waals surface area contributed by atoms with Crippen LogP contribution in [0.4, 0.5) is 8.78 Å². The fraction of sp³-hybridized carbons (Fsp3) is 0.350. The summed E-state index contributed by atoms with van der Waals surface area (Å²) in [5, 5.41) is 3.15. The molecule has 3 N–H and O–H groups in total. The quantitative estimate of drug-likeness (QED) is 0.731. The zero-order valence-electron chi connectivity index (χ0n) is 14.7. The Labute approximate surface area is 148 Å². The number of alkyl halides is 2. The van der Waals surface area contributed by atoms with Gasteiger partial charge in [-0.3, -0.25) is 4.99 Å². The number of hydrogen-bond donors (Lipinski definition) is 2. The molecule has 5 heteroatoms. The lowest BCUT2D eigenvalue weighted by atomic mass is 10.0. The van der Waals surface area contributed by atoms with Gasteiger partial charge in [-0.25, -0.2) is 8.78 Å². The molecule has 0 aromatic heterocycles. The van der Waals surface area contributed by atoms with E-state index in [0.29, 0.717) is 13.0 Å². The highest BCUT2D eigenvalue weighted by Gasteiger charge is 2.20. The molecule has 0 amide bonds. The van der Waals surface area contributed by atoms with Crippen LogP contribution in [0, 0.1) is 0 Å². The van der Waals surface area contributed by atoms with Crippen molar-refractivity contribution in [2.75, 3.05) is 0 Å². The number of nitrogens with one attached hydrogen (secondary N) is 1. The first kappa shape index (κ1) is 19.1. The first-order valence-corrected chi connectivity index (χ1v) is 8.30. The molecule has 0 aliphatic carbocycles. The number of nitrogens with zero attached hydrogens (tertiary/aromatic N) is 1. The smallest absolute Gasteiger partial charge is 0.245 e. The Morgan fingerprint density at radius 3 is 2.56 bits per heavy atom. The third-order valence-corrected chi connectivity index (χ3v) is 3.99. The Morgan fingerprint density at radius 1 is 1.32 bits per heavy atom. The van der Waals surface area contributed by atoms with Crippen LogP contribution in [0.1, 0.15) is 31.4 Å². The summed E-state index contributed by atoms with van der Waals surface area (Å²) in [5.74, 6) is -2.63. The minimum atomic E-state index is -2.63. The molecule has 25 heavy (non-hydrogen) atoms. The highest BCUT2D eigenvalue weighted by atomic mass is 19.3. The summed E-state index contributed by atoms with van der Waals surface area (Å²) >= 11 is 0. The van der Waals surface area contributed by atoms with Crippen molar-refractivity contribution in [3.63, 3.8) is 0 Å². The lowest BCUT2D eigenvalue weighted by molar-refractivity contribution is 0.0133. The molecule has 1 aliphatic rings. The number of nitrogens with two attached hydrogens (primary N) is 1. The van der Waals surface area contributed by atoms with Crippen molar-refractivity contribution in [3.8, 4) is 0 Å². The van der Waals surface area contributed by atoms with Crippen LogP contribution < -0.4 is 11.1 Å². The van der Waals surface area contributed by atoms with Crippen LogP contribution in [0.3, 0.4) is 0 Å². The number of rotatable bonds is 7. The Morgan fingerprint density at radius 2 is 1.96 bits per heavy atom. The van der Waals surface area contributed by atoms with Gasteiger partial charge in [-0.1, -0.05) is 30.8 Å². The highest BCUT2D eigenvalue weighted by Crippen LogP contribution is 2.20. The Balaban J connectivity index is 1.98. The van der Waals surface area contributed by atoms with E-state index in [-0.39, 0.29) is 12.5 Å². The molecule has 1 heterocycles. The van der Waals surface area contributed by atoms with Crippen LogP contribution in [-0.2, 0) is 13.0 Å². The summed E-state index contributed by atoms with van der Waals surface area (Å²) in [4.78, 5) is 4.47. The zero-order valence-corrected chi connectivity index (χ0v) is 14.7. The SMILES string of the molecule is C=C(C)C1=C(C=NCc2ccc(CCC(C)(F)F)cc2)C(N)C=CN1. The molecule has 1 unspecified atom stereocenters. The van der Waals surface area contributed by atoms with Gasteiger partial charge in [0.05, 0.1) is 12.6 Å². The minimum Gasteiger partial charge on any atom is -0.361 e. The second-order valence-electron chi connectivity index (χ2n) is 6.50. The van der Waals surface area contributed by atoms with Gasteiger partial charge in [-0.05, 0) is 49.2 Å². The topological polar surface area (TPSA) is 50.4 Å². The monoisotopic (exact) mass is 345 g/mol. The molecule has 0 radical (unpaired) electrons. The van der Waals surface area contributed by atoms with E-state index in [0.717, 1.165) is 34.9 Å². The summed E-state index contributed by atoms with van der Waals surface area (Å²) in [5.41, 5.74) is 10.7. The van der Waals surface area contributed by atoms with Crippen LogP contribution >= 0.6 is 0 Å².